The van der Waals surface area contributed by atoms with Crippen LogP contribution in [0.5, 0.6) is 11.5 Å². The van der Waals surface area contributed by atoms with Crippen molar-refractivity contribution >= 4 is 27.5 Å². The van der Waals surface area contributed by atoms with Crippen molar-refractivity contribution in [1.29, 1.82) is 0 Å². The van der Waals surface area contributed by atoms with Gasteiger partial charge < -0.3 is 9.47 Å². The van der Waals surface area contributed by atoms with Gasteiger partial charge in [-0.3, -0.25) is 0 Å². The fourth-order valence-electron chi connectivity index (χ4n) is 1.91. The van der Waals surface area contributed by atoms with Gasteiger partial charge in [-0.2, -0.15) is 0 Å². The third kappa shape index (κ3) is 3.07. The van der Waals surface area contributed by atoms with E-state index in [2.05, 4.69) is 15.9 Å². The molecule has 0 N–H and O–H groups in total. The van der Waals surface area contributed by atoms with Gasteiger partial charge in [0.1, 0.15) is 17.3 Å². The van der Waals surface area contributed by atoms with Crippen LogP contribution in [0.15, 0.2) is 40.9 Å². The Morgan fingerprint density at radius 1 is 1.05 bits per heavy atom. The lowest BCUT2D eigenvalue weighted by Gasteiger charge is -2.16. The van der Waals surface area contributed by atoms with Crippen molar-refractivity contribution in [3.8, 4) is 11.5 Å². The molecular formula is C15H13BrClFO2. The van der Waals surface area contributed by atoms with Gasteiger partial charge in [0.05, 0.1) is 19.6 Å². The first-order valence-electron chi connectivity index (χ1n) is 5.87. The topological polar surface area (TPSA) is 18.5 Å². The van der Waals surface area contributed by atoms with E-state index in [-0.39, 0.29) is 5.82 Å². The van der Waals surface area contributed by atoms with Crippen LogP contribution >= 0.6 is 27.5 Å². The standard InChI is InChI=1S/C15H13BrClFO2/c1-19-10-4-6-14(20-2)12(8-10)15(17)11-5-3-9(16)7-13(11)18/h3-8,15H,1-2H3. The summed E-state index contributed by atoms with van der Waals surface area (Å²) < 4.78 is 25.1. The minimum Gasteiger partial charge on any atom is -0.497 e. The summed E-state index contributed by atoms with van der Waals surface area (Å²) in [6.07, 6.45) is 0. The number of hydrogen-bond donors (Lipinski definition) is 0. The zero-order valence-electron chi connectivity index (χ0n) is 11.0. The molecule has 106 valence electrons. The van der Waals surface area contributed by atoms with Gasteiger partial charge in [-0.25, -0.2) is 4.39 Å². The molecule has 2 aromatic rings. The molecule has 2 rings (SSSR count). The number of rotatable bonds is 4. The maximum Gasteiger partial charge on any atom is 0.129 e. The number of methoxy groups -OCH3 is 2. The molecule has 0 spiro atoms. The Kier molecular flexibility index (Phi) is 4.89. The highest BCUT2D eigenvalue weighted by atomic mass is 79.9. The molecule has 2 aromatic carbocycles. The normalized spacial score (nSPS) is 12.1. The van der Waals surface area contributed by atoms with Gasteiger partial charge in [-0.1, -0.05) is 22.0 Å². The average molecular weight is 360 g/mol. The van der Waals surface area contributed by atoms with Gasteiger partial charge in [0, 0.05) is 15.6 Å². The summed E-state index contributed by atoms with van der Waals surface area (Å²) in [4.78, 5) is 0. The predicted molar refractivity (Wildman–Crippen MR) is 81.3 cm³/mol. The predicted octanol–water partition coefficient (Wildman–Crippen LogP) is 4.93. The summed E-state index contributed by atoms with van der Waals surface area (Å²) in [6.45, 7) is 0. The van der Waals surface area contributed by atoms with Gasteiger partial charge in [0.2, 0.25) is 0 Å². The van der Waals surface area contributed by atoms with E-state index < -0.39 is 5.38 Å². The summed E-state index contributed by atoms with van der Waals surface area (Å²) in [6, 6.07) is 10.1. The first kappa shape index (κ1) is 15.1. The summed E-state index contributed by atoms with van der Waals surface area (Å²) in [5.41, 5.74) is 1.05. The average Bonchev–Trinajstić information content (AvgIpc) is 2.46. The molecule has 5 heteroatoms. The van der Waals surface area contributed by atoms with Gasteiger partial charge in [-0.15, -0.1) is 11.6 Å². The van der Waals surface area contributed by atoms with Crippen LogP contribution in [0, 0.1) is 5.82 Å². The molecule has 0 radical (unpaired) electrons. The number of benzene rings is 2. The van der Waals surface area contributed by atoms with Crippen LogP contribution in [0.2, 0.25) is 0 Å². The van der Waals surface area contributed by atoms with Crippen molar-refractivity contribution in [2.24, 2.45) is 0 Å². The monoisotopic (exact) mass is 358 g/mol. The van der Waals surface area contributed by atoms with Gasteiger partial charge in [0.15, 0.2) is 0 Å². The molecular weight excluding hydrogens is 347 g/mol. The van der Waals surface area contributed by atoms with Crippen LogP contribution in [0.25, 0.3) is 0 Å². The fraction of sp³-hybridized carbons (Fsp3) is 0.200. The third-order valence-corrected chi connectivity index (χ3v) is 3.91. The van der Waals surface area contributed by atoms with Crippen LogP contribution in [0.4, 0.5) is 4.39 Å². The quantitative estimate of drug-likeness (QED) is 0.720. The Hall–Kier alpha value is -1.26. The number of hydrogen-bond acceptors (Lipinski definition) is 2. The van der Waals surface area contributed by atoms with Crippen molar-refractivity contribution in [3.05, 3.63) is 57.8 Å². The fourth-order valence-corrected chi connectivity index (χ4v) is 2.59. The number of halogens is 3. The lowest BCUT2D eigenvalue weighted by molar-refractivity contribution is 0.399. The molecule has 0 saturated heterocycles. The minimum absolute atomic E-state index is 0.371. The molecule has 20 heavy (non-hydrogen) atoms. The Labute approximate surface area is 130 Å². The van der Waals surface area contributed by atoms with E-state index >= 15 is 0 Å². The van der Waals surface area contributed by atoms with Crippen LogP contribution < -0.4 is 9.47 Å². The van der Waals surface area contributed by atoms with Gasteiger partial charge >= 0.3 is 0 Å². The summed E-state index contributed by atoms with van der Waals surface area (Å²) >= 11 is 9.64. The Morgan fingerprint density at radius 3 is 2.40 bits per heavy atom. The van der Waals surface area contributed by atoms with Crippen molar-refractivity contribution in [3.63, 3.8) is 0 Å². The van der Waals surface area contributed by atoms with Gasteiger partial charge in [-0.05, 0) is 30.3 Å². The second kappa shape index (κ2) is 6.46. The number of ether oxygens (including phenoxy) is 2. The van der Waals surface area contributed by atoms with Crippen LogP contribution in [-0.2, 0) is 0 Å². The zero-order valence-corrected chi connectivity index (χ0v) is 13.3. The largest absolute Gasteiger partial charge is 0.497 e. The Bertz CT molecular complexity index is 619. The van der Waals surface area contributed by atoms with E-state index in [0.717, 1.165) is 0 Å². The van der Waals surface area contributed by atoms with Crippen molar-refractivity contribution in [2.45, 2.75) is 5.38 Å². The molecule has 1 unspecified atom stereocenters. The maximum atomic E-state index is 14.0. The number of alkyl halides is 1. The van der Waals surface area contributed by atoms with E-state index in [1.165, 1.54) is 6.07 Å². The first-order chi connectivity index (χ1) is 9.56. The second-order valence-electron chi connectivity index (χ2n) is 4.14. The van der Waals surface area contributed by atoms with Crippen molar-refractivity contribution < 1.29 is 13.9 Å². The van der Waals surface area contributed by atoms with E-state index in [1.807, 2.05) is 0 Å². The molecule has 0 bridgehead atoms. The molecule has 0 aliphatic carbocycles. The van der Waals surface area contributed by atoms with Crippen LogP contribution in [0.1, 0.15) is 16.5 Å². The van der Waals surface area contributed by atoms with Crippen molar-refractivity contribution in [1.82, 2.24) is 0 Å². The molecule has 0 aliphatic heterocycles. The summed E-state index contributed by atoms with van der Waals surface area (Å²) in [7, 11) is 3.11. The van der Waals surface area contributed by atoms with Gasteiger partial charge in [0.25, 0.3) is 0 Å². The zero-order chi connectivity index (χ0) is 14.7. The highest BCUT2D eigenvalue weighted by Crippen LogP contribution is 2.38. The first-order valence-corrected chi connectivity index (χ1v) is 7.10. The van der Waals surface area contributed by atoms with E-state index in [9.17, 15) is 4.39 Å². The summed E-state index contributed by atoms with van der Waals surface area (Å²) in [5.74, 6) is 0.862. The molecule has 0 heterocycles. The molecule has 1 atom stereocenters. The molecule has 0 amide bonds. The van der Waals surface area contributed by atoms with E-state index in [4.69, 9.17) is 21.1 Å². The Morgan fingerprint density at radius 2 is 1.80 bits per heavy atom. The maximum absolute atomic E-state index is 14.0. The lowest BCUT2D eigenvalue weighted by Crippen LogP contribution is -2.01. The highest BCUT2D eigenvalue weighted by molar-refractivity contribution is 9.10. The summed E-state index contributed by atoms with van der Waals surface area (Å²) in [5, 5.41) is -0.659. The van der Waals surface area contributed by atoms with Crippen LogP contribution in [0.3, 0.4) is 0 Å². The molecule has 0 saturated carbocycles. The minimum atomic E-state index is -0.659. The molecule has 0 fully saturated rings. The highest BCUT2D eigenvalue weighted by Gasteiger charge is 2.20. The molecule has 0 aromatic heterocycles. The Balaban J connectivity index is 2.48. The van der Waals surface area contributed by atoms with E-state index in [1.54, 1.807) is 44.6 Å². The van der Waals surface area contributed by atoms with Crippen LogP contribution in [-0.4, -0.2) is 14.2 Å². The molecule has 0 aliphatic rings. The van der Waals surface area contributed by atoms with E-state index in [0.29, 0.717) is 27.1 Å². The molecule has 2 nitrogen and oxygen atoms in total. The lowest BCUT2D eigenvalue weighted by atomic mass is 10.0. The van der Waals surface area contributed by atoms with Crippen molar-refractivity contribution in [2.75, 3.05) is 14.2 Å². The smallest absolute Gasteiger partial charge is 0.129 e. The SMILES string of the molecule is COc1ccc(OC)c(C(Cl)c2ccc(Br)cc2F)c1. The second-order valence-corrected chi connectivity index (χ2v) is 5.49. The third-order valence-electron chi connectivity index (χ3n) is 2.95.